The van der Waals surface area contributed by atoms with Crippen LogP contribution in [0.5, 0.6) is 23.0 Å². The number of nitrogens with zero attached hydrogens (tertiary/aromatic N) is 2. The Labute approximate surface area is 261 Å². The number of benzene rings is 5. The van der Waals surface area contributed by atoms with E-state index < -0.39 is 0 Å². The van der Waals surface area contributed by atoms with Gasteiger partial charge in [-0.15, -0.1) is 0 Å². The van der Waals surface area contributed by atoms with Gasteiger partial charge in [-0.25, -0.2) is 0 Å². The zero-order chi connectivity index (χ0) is 30.7. The van der Waals surface area contributed by atoms with Gasteiger partial charge in [0.25, 0.3) is 0 Å². The van der Waals surface area contributed by atoms with E-state index in [0.717, 1.165) is 60.6 Å². The summed E-state index contributed by atoms with van der Waals surface area (Å²) < 4.78 is 22.0. The molecule has 6 nitrogen and oxygen atoms in total. The highest BCUT2D eigenvalue weighted by molar-refractivity contribution is 5.58. The van der Waals surface area contributed by atoms with Gasteiger partial charge in [0.2, 0.25) is 0 Å². The second kappa shape index (κ2) is 14.9. The molecule has 0 aliphatic heterocycles. The molecule has 0 saturated carbocycles. The topological polar surface area (TPSA) is 43.4 Å². The average Bonchev–Trinajstić information content (AvgIpc) is 3.08. The molecule has 0 heterocycles. The first-order valence-corrected chi connectivity index (χ1v) is 14.7. The Kier molecular flexibility index (Phi) is 10.3. The van der Waals surface area contributed by atoms with Crippen LogP contribution in [0.4, 0.5) is 11.4 Å². The third-order valence-corrected chi connectivity index (χ3v) is 7.61. The van der Waals surface area contributed by atoms with Crippen LogP contribution in [0.1, 0.15) is 22.3 Å². The zero-order valence-corrected chi connectivity index (χ0v) is 25.9. The quantitative estimate of drug-likeness (QED) is 0.131. The molecular formula is C38H40N2O4. The van der Waals surface area contributed by atoms with Gasteiger partial charge in [-0.3, -0.25) is 0 Å². The molecule has 0 radical (unpaired) electrons. The molecule has 0 aliphatic rings. The average molecular weight is 589 g/mol. The van der Waals surface area contributed by atoms with Gasteiger partial charge in [-0.2, -0.15) is 0 Å². The van der Waals surface area contributed by atoms with Gasteiger partial charge in [-0.05, 0) is 95.1 Å². The number of ether oxygens (including phenoxy) is 4. The van der Waals surface area contributed by atoms with E-state index in [9.17, 15) is 0 Å². The minimum atomic E-state index is 0.727. The van der Waals surface area contributed by atoms with Crippen molar-refractivity contribution in [1.82, 2.24) is 0 Å². The summed E-state index contributed by atoms with van der Waals surface area (Å²) in [7, 11) is 6.81. The van der Waals surface area contributed by atoms with Crippen LogP contribution in [0.2, 0.25) is 0 Å². The lowest BCUT2D eigenvalue weighted by Gasteiger charge is -2.28. The van der Waals surface area contributed by atoms with Gasteiger partial charge in [0.15, 0.2) is 0 Å². The summed E-state index contributed by atoms with van der Waals surface area (Å²) >= 11 is 0. The van der Waals surface area contributed by atoms with Crippen LogP contribution < -0.4 is 28.7 Å². The van der Waals surface area contributed by atoms with Crippen LogP contribution in [0.3, 0.4) is 0 Å². The Morgan fingerprint density at radius 2 is 0.614 bits per heavy atom. The highest BCUT2D eigenvalue weighted by Gasteiger charge is 2.14. The normalized spacial score (nSPS) is 10.6. The van der Waals surface area contributed by atoms with Gasteiger partial charge >= 0.3 is 0 Å². The molecule has 0 aromatic heterocycles. The van der Waals surface area contributed by atoms with E-state index in [1.54, 1.807) is 28.4 Å². The molecule has 5 aromatic carbocycles. The van der Waals surface area contributed by atoms with Crippen LogP contribution in [0.25, 0.3) is 0 Å². The predicted molar refractivity (Wildman–Crippen MR) is 178 cm³/mol. The van der Waals surface area contributed by atoms with E-state index >= 15 is 0 Å². The van der Waals surface area contributed by atoms with Crippen molar-refractivity contribution in [3.63, 3.8) is 0 Å². The highest BCUT2D eigenvalue weighted by Crippen LogP contribution is 2.29. The second-order valence-electron chi connectivity index (χ2n) is 10.6. The Hall–Kier alpha value is -5.10. The van der Waals surface area contributed by atoms with Gasteiger partial charge in [-0.1, -0.05) is 48.5 Å². The van der Waals surface area contributed by atoms with Crippen LogP contribution in [-0.4, -0.2) is 28.4 Å². The molecule has 5 aromatic rings. The van der Waals surface area contributed by atoms with Crippen molar-refractivity contribution in [1.29, 1.82) is 0 Å². The van der Waals surface area contributed by atoms with E-state index in [1.807, 2.05) is 48.5 Å². The maximum Gasteiger partial charge on any atom is 0.119 e. The monoisotopic (exact) mass is 588 g/mol. The third kappa shape index (κ3) is 8.04. The predicted octanol–water partition coefficient (Wildman–Crippen LogP) is 8.13. The number of rotatable bonds is 14. The minimum absolute atomic E-state index is 0.727. The maximum absolute atomic E-state index is 5.50. The first-order valence-electron chi connectivity index (χ1n) is 14.7. The molecule has 0 fully saturated rings. The number of anilines is 2. The molecule has 0 saturated heterocycles. The van der Waals surface area contributed by atoms with Crippen molar-refractivity contribution in [2.75, 3.05) is 38.2 Å². The summed E-state index contributed by atoms with van der Waals surface area (Å²) in [4.78, 5) is 4.75. The van der Waals surface area contributed by atoms with Crippen LogP contribution >= 0.6 is 0 Å². The molecule has 0 unspecified atom stereocenters. The van der Waals surface area contributed by atoms with Crippen molar-refractivity contribution in [2.45, 2.75) is 26.2 Å². The molecule has 5 rings (SSSR count). The SMILES string of the molecule is COc1cccc(CN(Cc2cccc(OC)c2)c2ccc(N(Cc3cccc(OC)c3)Cc3cccc(OC)c3)cc2)c1. The molecule has 0 bridgehead atoms. The first-order chi connectivity index (χ1) is 21.6. The first kappa shape index (κ1) is 30.4. The molecule has 44 heavy (non-hydrogen) atoms. The number of hydrogen-bond acceptors (Lipinski definition) is 6. The van der Waals surface area contributed by atoms with Crippen molar-refractivity contribution < 1.29 is 18.9 Å². The lowest BCUT2D eigenvalue weighted by Crippen LogP contribution is -2.24. The van der Waals surface area contributed by atoms with E-state index in [1.165, 1.54) is 22.3 Å². The Balaban J connectivity index is 1.45. The minimum Gasteiger partial charge on any atom is -0.497 e. The highest BCUT2D eigenvalue weighted by atomic mass is 16.5. The van der Waals surface area contributed by atoms with Crippen molar-refractivity contribution in [3.05, 3.63) is 144 Å². The standard InChI is InChI=1S/C38H40N2O4/c1-41-35-13-5-9-29(21-35)25-39(26-30-10-6-14-36(22-30)42-2)33-17-19-34(20-18-33)40(27-31-11-7-15-37(23-31)43-3)28-32-12-8-16-38(24-32)44-4/h5-24H,25-28H2,1-4H3. The second-order valence-corrected chi connectivity index (χ2v) is 10.6. The third-order valence-electron chi connectivity index (χ3n) is 7.61. The molecule has 6 heteroatoms. The van der Waals surface area contributed by atoms with Crippen molar-refractivity contribution in [2.24, 2.45) is 0 Å². The molecule has 0 amide bonds. The smallest absolute Gasteiger partial charge is 0.119 e. The van der Waals surface area contributed by atoms with Gasteiger partial charge in [0, 0.05) is 37.6 Å². The fourth-order valence-corrected chi connectivity index (χ4v) is 5.32. The van der Waals surface area contributed by atoms with Crippen LogP contribution in [0.15, 0.2) is 121 Å². The molecule has 0 spiro atoms. The summed E-state index contributed by atoms with van der Waals surface area (Å²) in [5, 5.41) is 0. The van der Waals surface area contributed by atoms with E-state index in [2.05, 4.69) is 82.6 Å². The Morgan fingerprint density at radius 1 is 0.364 bits per heavy atom. The van der Waals surface area contributed by atoms with Crippen LogP contribution in [-0.2, 0) is 26.2 Å². The number of methoxy groups -OCH3 is 4. The largest absolute Gasteiger partial charge is 0.497 e. The molecule has 0 aliphatic carbocycles. The molecule has 0 N–H and O–H groups in total. The van der Waals surface area contributed by atoms with Crippen molar-refractivity contribution >= 4 is 11.4 Å². The maximum atomic E-state index is 5.50. The fraction of sp³-hybridized carbons (Fsp3) is 0.211. The summed E-state index contributed by atoms with van der Waals surface area (Å²) in [6.07, 6.45) is 0. The van der Waals surface area contributed by atoms with Crippen molar-refractivity contribution in [3.8, 4) is 23.0 Å². The lowest BCUT2D eigenvalue weighted by atomic mass is 10.1. The lowest BCUT2D eigenvalue weighted by molar-refractivity contribution is 0.414. The Bertz CT molecular complexity index is 1420. The van der Waals surface area contributed by atoms with E-state index in [0.29, 0.717) is 0 Å². The summed E-state index contributed by atoms with van der Waals surface area (Å²) in [5.41, 5.74) is 6.95. The summed E-state index contributed by atoms with van der Waals surface area (Å²) in [5.74, 6) is 3.41. The van der Waals surface area contributed by atoms with Gasteiger partial charge in [0.1, 0.15) is 23.0 Å². The Morgan fingerprint density at radius 3 is 0.841 bits per heavy atom. The zero-order valence-electron chi connectivity index (χ0n) is 25.9. The summed E-state index contributed by atoms with van der Waals surface area (Å²) in [6.45, 7) is 2.91. The van der Waals surface area contributed by atoms with Crippen LogP contribution in [0, 0.1) is 0 Å². The summed E-state index contributed by atoms with van der Waals surface area (Å²) in [6, 6.07) is 41.8. The number of hydrogen-bond donors (Lipinski definition) is 0. The van der Waals surface area contributed by atoms with E-state index in [4.69, 9.17) is 18.9 Å². The fourth-order valence-electron chi connectivity index (χ4n) is 5.32. The molecule has 0 atom stereocenters. The van der Waals surface area contributed by atoms with Gasteiger partial charge in [0.05, 0.1) is 28.4 Å². The molecule has 226 valence electrons. The molecular weight excluding hydrogens is 548 g/mol. The van der Waals surface area contributed by atoms with Gasteiger partial charge < -0.3 is 28.7 Å². The van der Waals surface area contributed by atoms with E-state index in [-0.39, 0.29) is 0 Å².